The van der Waals surface area contributed by atoms with Crippen molar-refractivity contribution in [2.45, 2.75) is 19.6 Å². The van der Waals surface area contributed by atoms with E-state index in [0.717, 1.165) is 17.3 Å². The minimum absolute atomic E-state index is 0.210. The van der Waals surface area contributed by atoms with Gasteiger partial charge >= 0.3 is 0 Å². The van der Waals surface area contributed by atoms with Gasteiger partial charge in [-0.2, -0.15) is 5.10 Å². The van der Waals surface area contributed by atoms with Crippen LogP contribution in [-0.4, -0.2) is 45.6 Å². The van der Waals surface area contributed by atoms with Gasteiger partial charge in [0, 0.05) is 18.0 Å². The van der Waals surface area contributed by atoms with E-state index >= 15 is 0 Å². The lowest BCUT2D eigenvalue weighted by molar-refractivity contribution is -0.140. The van der Waals surface area contributed by atoms with Crippen molar-refractivity contribution in [3.63, 3.8) is 0 Å². The molecule has 1 atom stereocenters. The van der Waals surface area contributed by atoms with Crippen LogP contribution >= 0.6 is 0 Å². The number of nitrogens with zero attached hydrogens (tertiary/aromatic N) is 4. The first-order chi connectivity index (χ1) is 10.3. The molecule has 8 heteroatoms. The van der Waals surface area contributed by atoms with E-state index in [4.69, 9.17) is 9.47 Å². The van der Waals surface area contributed by atoms with Gasteiger partial charge in [-0.15, -0.1) is 0 Å². The van der Waals surface area contributed by atoms with Crippen LogP contribution in [0.2, 0.25) is 0 Å². The SMILES string of the molecule is Cc1cc(NC2N(C3OCCO3)C=Nc3cccn32)n[nH]1. The number of hydrogen-bond donors (Lipinski definition) is 2. The van der Waals surface area contributed by atoms with Gasteiger partial charge in [0.2, 0.25) is 6.41 Å². The van der Waals surface area contributed by atoms with Crippen molar-refractivity contribution in [3.05, 3.63) is 30.1 Å². The lowest BCUT2D eigenvalue weighted by Crippen LogP contribution is -2.45. The number of hydrogen-bond acceptors (Lipinski definition) is 6. The summed E-state index contributed by atoms with van der Waals surface area (Å²) in [7, 11) is 0. The second kappa shape index (κ2) is 4.90. The fourth-order valence-corrected chi connectivity index (χ4v) is 2.49. The molecule has 2 aromatic heterocycles. The first kappa shape index (κ1) is 12.4. The molecule has 0 radical (unpaired) electrons. The second-order valence-electron chi connectivity index (χ2n) is 4.97. The molecule has 0 aliphatic carbocycles. The van der Waals surface area contributed by atoms with Crippen molar-refractivity contribution < 1.29 is 9.47 Å². The van der Waals surface area contributed by atoms with Crippen LogP contribution in [-0.2, 0) is 9.47 Å². The van der Waals surface area contributed by atoms with E-state index in [1.54, 1.807) is 6.34 Å². The standard InChI is InChI=1S/C13H16N6O2/c1-9-7-10(17-16-9)15-12-18-4-2-3-11(18)14-8-19(12)13-20-5-6-21-13/h2-4,7-8,12-13H,5-6H2,1H3,(H2,15,16,17). The van der Waals surface area contributed by atoms with Crippen LogP contribution in [0.15, 0.2) is 29.4 Å². The van der Waals surface area contributed by atoms with E-state index in [0.29, 0.717) is 13.2 Å². The van der Waals surface area contributed by atoms with Crippen molar-refractivity contribution in [2.75, 3.05) is 18.5 Å². The van der Waals surface area contributed by atoms with E-state index in [1.807, 2.05) is 40.8 Å². The molecule has 4 rings (SSSR count). The van der Waals surface area contributed by atoms with Crippen molar-refractivity contribution in [1.82, 2.24) is 19.7 Å². The van der Waals surface area contributed by atoms with Crippen LogP contribution in [0.3, 0.4) is 0 Å². The predicted octanol–water partition coefficient (Wildman–Crippen LogP) is 1.39. The van der Waals surface area contributed by atoms with E-state index in [2.05, 4.69) is 20.5 Å². The number of anilines is 1. The third-order valence-electron chi connectivity index (χ3n) is 3.46. The molecule has 0 aromatic carbocycles. The average molecular weight is 288 g/mol. The Labute approximate surface area is 121 Å². The third kappa shape index (κ3) is 2.18. The van der Waals surface area contributed by atoms with E-state index in [-0.39, 0.29) is 6.29 Å². The second-order valence-corrected chi connectivity index (χ2v) is 4.97. The zero-order valence-electron chi connectivity index (χ0n) is 11.6. The van der Waals surface area contributed by atoms with Gasteiger partial charge in [0.15, 0.2) is 12.1 Å². The molecule has 4 heterocycles. The van der Waals surface area contributed by atoms with Crippen LogP contribution in [0.25, 0.3) is 0 Å². The zero-order valence-corrected chi connectivity index (χ0v) is 11.6. The zero-order chi connectivity index (χ0) is 14.2. The van der Waals surface area contributed by atoms with Crippen LogP contribution in [0, 0.1) is 6.92 Å². The molecule has 2 aromatic rings. The van der Waals surface area contributed by atoms with Gasteiger partial charge in [-0.05, 0) is 19.1 Å². The summed E-state index contributed by atoms with van der Waals surface area (Å²) in [5.41, 5.74) is 0.995. The maximum Gasteiger partial charge on any atom is 0.244 e. The Morgan fingerprint density at radius 2 is 2.24 bits per heavy atom. The van der Waals surface area contributed by atoms with Gasteiger partial charge in [-0.3, -0.25) is 14.6 Å². The Kier molecular flexibility index (Phi) is 2.90. The highest BCUT2D eigenvalue weighted by molar-refractivity contribution is 5.63. The van der Waals surface area contributed by atoms with Crippen molar-refractivity contribution >= 4 is 18.0 Å². The van der Waals surface area contributed by atoms with Crippen molar-refractivity contribution in [2.24, 2.45) is 4.99 Å². The van der Waals surface area contributed by atoms with Crippen LogP contribution in [0.4, 0.5) is 11.6 Å². The summed E-state index contributed by atoms with van der Waals surface area (Å²) < 4.78 is 13.2. The fraction of sp³-hybridized carbons (Fsp3) is 0.385. The Morgan fingerprint density at radius 3 is 3.00 bits per heavy atom. The topological polar surface area (TPSA) is 79.7 Å². The van der Waals surface area contributed by atoms with Gasteiger partial charge in [-0.25, -0.2) is 4.99 Å². The molecule has 8 nitrogen and oxygen atoms in total. The molecule has 2 aliphatic heterocycles. The Morgan fingerprint density at radius 1 is 1.38 bits per heavy atom. The monoisotopic (exact) mass is 288 g/mol. The van der Waals surface area contributed by atoms with E-state index < -0.39 is 6.41 Å². The summed E-state index contributed by atoms with van der Waals surface area (Å²) in [6.45, 7) is 3.13. The minimum atomic E-state index is -0.443. The van der Waals surface area contributed by atoms with Crippen LogP contribution in [0.5, 0.6) is 0 Å². The Hall–Kier alpha value is -2.32. The lowest BCUT2D eigenvalue weighted by Gasteiger charge is -2.36. The molecule has 1 saturated heterocycles. The molecule has 0 amide bonds. The Balaban J connectivity index is 1.66. The van der Waals surface area contributed by atoms with Gasteiger partial charge in [0.1, 0.15) is 12.2 Å². The number of rotatable bonds is 3. The van der Waals surface area contributed by atoms with Gasteiger partial charge < -0.3 is 14.8 Å². The maximum atomic E-state index is 5.59. The van der Waals surface area contributed by atoms with Gasteiger partial charge in [0.25, 0.3) is 0 Å². The molecular formula is C13H16N6O2. The quantitative estimate of drug-likeness (QED) is 0.892. The summed E-state index contributed by atoms with van der Waals surface area (Å²) in [5, 5.41) is 10.5. The summed E-state index contributed by atoms with van der Waals surface area (Å²) in [4.78, 5) is 6.30. The summed E-state index contributed by atoms with van der Waals surface area (Å²) in [6, 6.07) is 5.86. The fourth-order valence-electron chi connectivity index (χ4n) is 2.49. The Bertz CT molecular complexity index is 657. The molecule has 21 heavy (non-hydrogen) atoms. The highest BCUT2D eigenvalue weighted by Gasteiger charge is 2.32. The molecule has 2 aliphatic rings. The molecule has 1 unspecified atom stereocenters. The first-order valence-electron chi connectivity index (χ1n) is 6.81. The highest BCUT2D eigenvalue weighted by Crippen LogP contribution is 2.29. The van der Waals surface area contributed by atoms with E-state index in [1.165, 1.54) is 0 Å². The number of fused-ring (bicyclic) bond motifs is 1. The molecule has 0 spiro atoms. The number of ether oxygens (including phenoxy) is 2. The molecule has 1 fully saturated rings. The highest BCUT2D eigenvalue weighted by atomic mass is 16.7. The summed E-state index contributed by atoms with van der Waals surface area (Å²) in [6.07, 6.45) is 3.05. The molecule has 110 valence electrons. The van der Waals surface area contributed by atoms with E-state index in [9.17, 15) is 0 Å². The number of aryl methyl sites for hydroxylation is 1. The number of aromatic amines is 1. The van der Waals surface area contributed by atoms with Crippen LogP contribution < -0.4 is 5.32 Å². The smallest absolute Gasteiger partial charge is 0.244 e. The van der Waals surface area contributed by atoms with Gasteiger partial charge in [-0.1, -0.05) is 0 Å². The first-order valence-corrected chi connectivity index (χ1v) is 6.81. The minimum Gasteiger partial charge on any atom is -0.333 e. The van der Waals surface area contributed by atoms with Crippen LogP contribution in [0.1, 0.15) is 12.0 Å². The lowest BCUT2D eigenvalue weighted by atomic mass is 10.4. The molecule has 2 N–H and O–H groups in total. The number of nitrogens with one attached hydrogen (secondary N) is 2. The molecule has 0 bridgehead atoms. The van der Waals surface area contributed by atoms with Gasteiger partial charge in [0.05, 0.1) is 13.2 Å². The van der Waals surface area contributed by atoms with Crippen molar-refractivity contribution in [3.8, 4) is 0 Å². The predicted molar refractivity (Wildman–Crippen MR) is 76.1 cm³/mol. The largest absolute Gasteiger partial charge is 0.333 e. The molecular weight excluding hydrogens is 272 g/mol. The summed E-state index contributed by atoms with van der Waals surface area (Å²) in [5.74, 6) is 1.63. The normalized spacial score (nSPS) is 21.8. The number of H-pyrrole nitrogens is 1. The maximum absolute atomic E-state index is 5.59. The summed E-state index contributed by atoms with van der Waals surface area (Å²) >= 11 is 0. The number of aromatic nitrogens is 3. The van der Waals surface area contributed by atoms with Crippen molar-refractivity contribution in [1.29, 1.82) is 0 Å². The molecule has 0 saturated carbocycles. The number of aliphatic imine (C=N–C) groups is 1. The third-order valence-corrected chi connectivity index (χ3v) is 3.46. The average Bonchev–Trinajstić information content (AvgIpc) is 3.19.